The molecule has 0 aliphatic carbocycles. The molecule has 2 aromatic heterocycles. The van der Waals surface area contributed by atoms with E-state index >= 15 is 0 Å². The molecule has 7 heteroatoms. The quantitative estimate of drug-likeness (QED) is 0.434. The van der Waals surface area contributed by atoms with E-state index in [4.69, 9.17) is 0 Å². The first-order chi connectivity index (χ1) is 15.5. The van der Waals surface area contributed by atoms with Crippen molar-refractivity contribution in [2.45, 2.75) is 33.4 Å². The van der Waals surface area contributed by atoms with Crippen LogP contribution in [0.25, 0.3) is 21.3 Å². The second kappa shape index (κ2) is 9.36. The lowest BCUT2D eigenvalue weighted by Gasteiger charge is -2.27. The maximum Gasteiger partial charge on any atom is 0.263 e. The Labute approximate surface area is 191 Å². The molecular weight excluding hydrogens is 420 g/mol. The summed E-state index contributed by atoms with van der Waals surface area (Å²) in [5.74, 6) is -0.270. The van der Waals surface area contributed by atoms with Gasteiger partial charge in [-0.25, -0.2) is 4.98 Å². The predicted octanol–water partition coefficient (Wildman–Crippen LogP) is 5.00. The summed E-state index contributed by atoms with van der Waals surface area (Å²) >= 11 is 1.43. The van der Waals surface area contributed by atoms with Gasteiger partial charge in [0.25, 0.3) is 5.56 Å². The second-order valence-corrected chi connectivity index (χ2v) is 8.71. The molecule has 0 saturated heterocycles. The third kappa shape index (κ3) is 4.43. The van der Waals surface area contributed by atoms with E-state index in [0.29, 0.717) is 21.9 Å². The molecule has 0 saturated carbocycles. The van der Waals surface area contributed by atoms with Gasteiger partial charge in [-0.2, -0.15) is 0 Å². The minimum absolute atomic E-state index is 0.0965. The van der Waals surface area contributed by atoms with Gasteiger partial charge in [-0.1, -0.05) is 30.3 Å². The molecular formula is C25H26N4O2S. The van der Waals surface area contributed by atoms with Crippen molar-refractivity contribution in [3.05, 3.63) is 76.7 Å². The zero-order valence-corrected chi connectivity index (χ0v) is 19.2. The van der Waals surface area contributed by atoms with Crippen LogP contribution in [-0.2, 0) is 11.3 Å². The van der Waals surface area contributed by atoms with E-state index in [9.17, 15) is 9.59 Å². The van der Waals surface area contributed by atoms with E-state index in [1.807, 2.05) is 60.0 Å². The summed E-state index contributed by atoms with van der Waals surface area (Å²) in [6.45, 7) is 7.24. The predicted molar refractivity (Wildman–Crippen MR) is 133 cm³/mol. The number of amides is 1. The lowest BCUT2D eigenvalue weighted by molar-refractivity contribution is -0.116. The number of nitrogens with one attached hydrogen (secondary N) is 1. The van der Waals surface area contributed by atoms with Gasteiger partial charge in [-0.3, -0.25) is 14.2 Å². The normalized spacial score (nSPS) is 11.1. The fourth-order valence-electron chi connectivity index (χ4n) is 3.85. The SMILES string of the molecule is CCN(c1ccc(NC(=O)Cn2cnc3scc(-c4ccccc4)c3c2=O)cc1)C(C)C. The Bertz CT molecular complexity index is 1280. The standard InChI is InChI=1S/C25H26N4O2S/c1-4-29(17(2)3)20-12-10-19(11-13-20)27-22(30)14-28-16-26-24-23(25(28)31)21(15-32-24)18-8-6-5-7-9-18/h5-13,15-17H,4,14H2,1-3H3,(H,27,30). The van der Waals surface area contributed by atoms with E-state index in [1.165, 1.54) is 22.2 Å². The van der Waals surface area contributed by atoms with Gasteiger partial charge in [-0.15, -0.1) is 11.3 Å². The van der Waals surface area contributed by atoms with Gasteiger partial charge in [0.2, 0.25) is 5.91 Å². The molecule has 0 aliphatic rings. The Kier molecular flexibility index (Phi) is 6.37. The molecule has 1 N–H and O–H groups in total. The van der Waals surface area contributed by atoms with Gasteiger partial charge in [0.15, 0.2) is 0 Å². The summed E-state index contributed by atoms with van der Waals surface area (Å²) in [6.07, 6.45) is 1.44. The summed E-state index contributed by atoms with van der Waals surface area (Å²) in [5.41, 5.74) is 3.40. The average Bonchev–Trinajstić information content (AvgIpc) is 3.23. The number of thiophene rings is 1. The fourth-order valence-corrected chi connectivity index (χ4v) is 4.75. The van der Waals surface area contributed by atoms with Crippen molar-refractivity contribution in [3.63, 3.8) is 0 Å². The van der Waals surface area contributed by atoms with Crippen molar-refractivity contribution >= 4 is 38.8 Å². The molecule has 0 radical (unpaired) electrons. The van der Waals surface area contributed by atoms with Gasteiger partial charge in [0, 0.05) is 34.9 Å². The molecule has 2 heterocycles. The third-order valence-electron chi connectivity index (χ3n) is 5.41. The number of carbonyl (C=O) groups excluding carboxylic acids is 1. The number of rotatable bonds is 7. The molecule has 0 unspecified atom stereocenters. The molecule has 32 heavy (non-hydrogen) atoms. The summed E-state index contributed by atoms with van der Waals surface area (Å²) in [6, 6.07) is 17.9. The Hall–Kier alpha value is -3.45. The van der Waals surface area contributed by atoms with E-state index < -0.39 is 0 Å². The third-order valence-corrected chi connectivity index (χ3v) is 6.29. The van der Waals surface area contributed by atoms with Crippen LogP contribution >= 0.6 is 11.3 Å². The van der Waals surface area contributed by atoms with Crippen LogP contribution in [0.2, 0.25) is 0 Å². The molecule has 6 nitrogen and oxygen atoms in total. The number of hydrogen-bond donors (Lipinski definition) is 1. The van der Waals surface area contributed by atoms with Crippen molar-refractivity contribution in [3.8, 4) is 11.1 Å². The maximum absolute atomic E-state index is 13.1. The van der Waals surface area contributed by atoms with Crippen molar-refractivity contribution < 1.29 is 4.79 Å². The van der Waals surface area contributed by atoms with E-state index in [2.05, 4.69) is 36.0 Å². The monoisotopic (exact) mass is 446 g/mol. The molecule has 4 rings (SSSR count). The van der Waals surface area contributed by atoms with Crippen LogP contribution in [0.3, 0.4) is 0 Å². The van der Waals surface area contributed by atoms with E-state index in [-0.39, 0.29) is 18.0 Å². The molecule has 4 aromatic rings. The summed E-state index contributed by atoms with van der Waals surface area (Å²) in [5, 5.41) is 5.37. The first-order valence-electron chi connectivity index (χ1n) is 10.7. The van der Waals surface area contributed by atoms with Gasteiger partial charge in [0.05, 0.1) is 11.7 Å². The Morgan fingerprint density at radius 2 is 1.84 bits per heavy atom. The summed E-state index contributed by atoms with van der Waals surface area (Å²) < 4.78 is 1.36. The molecule has 0 atom stereocenters. The average molecular weight is 447 g/mol. The first-order valence-corrected chi connectivity index (χ1v) is 11.5. The van der Waals surface area contributed by atoms with Crippen LogP contribution in [0.4, 0.5) is 11.4 Å². The number of anilines is 2. The number of carbonyl (C=O) groups is 1. The highest BCUT2D eigenvalue weighted by molar-refractivity contribution is 7.17. The van der Waals surface area contributed by atoms with Gasteiger partial charge >= 0.3 is 0 Å². The highest BCUT2D eigenvalue weighted by atomic mass is 32.1. The van der Waals surface area contributed by atoms with E-state index in [1.54, 1.807) is 0 Å². The minimum Gasteiger partial charge on any atom is -0.369 e. The van der Waals surface area contributed by atoms with Crippen LogP contribution < -0.4 is 15.8 Å². The lowest BCUT2D eigenvalue weighted by atomic mass is 10.1. The summed E-state index contributed by atoms with van der Waals surface area (Å²) in [4.78, 5) is 33.1. The number of fused-ring (bicyclic) bond motifs is 1. The highest BCUT2D eigenvalue weighted by Gasteiger charge is 2.15. The minimum atomic E-state index is -0.270. The van der Waals surface area contributed by atoms with Crippen LogP contribution in [-0.4, -0.2) is 28.0 Å². The second-order valence-electron chi connectivity index (χ2n) is 7.85. The van der Waals surface area contributed by atoms with E-state index in [0.717, 1.165) is 23.4 Å². The summed E-state index contributed by atoms with van der Waals surface area (Å²) in [7, 11) is 0. The number of benzene rings is 2. The van der Waals surface area contributed by atoms with Crippen molar-refractivity contribution in [1.82, 2.24) is 9.55 Å². The van der Waals surface area contributed by atoms with Gasteiger partial charge in [-0.05, 0) is 50.6 Å². The molecule has 0 fully saturated rings. The number of nitrogens with zero attached hydrogens (tertiary/aromatic N) is 3. The van der Waals surface area contributed by atoms with Crippen LogP contribution in [0, 0.1) is 0 Å². The molecule has 2 aromatic carbocycles. The molecule has 164 valence electrons. The smallest absolute Gasteiger partial charge is 0.263 e. The van der Waals surface area contributed by atoms with Crippen molar-refractivity contribution in [2.75, 3.05) is 16.8 Å². The Balaban J connectivity index is 1.53. The number of aromatic nitrogens is 2. The first kappa shape index (κ1) is 21.8. The Morgan fingerprint density at radius 1 is 1.12 bits per heavy atom. The van der Waals surface area contributed by atoms with Crippen LogP contribution in [0.5, 0.6) is 0 Å². The molecule has 1 amide bonds. The maximum atomic E-state index is 13.1. The molecule has 0 spiro atoms. The lowest BCUT2D eigenvalue weighted by Crippen LogP contribution is -2.30. The zero-order chi connectivity index (χ0) is 22.7. The van der Waals surface area contributed by atoms with Crippen LogP contribution in [0.1, 0.15) is 20.8 Å². The van der Waals surface area contributed by atoms with Crippen LogP contribution in [0.15, 0.2) is 71.1 Å². The topological polar surface area (TPSA) is 67.2 Å². The Morgan fingerprint density at radius 3 is 2.50 bits per heavy atom. The molecule has 0 bridgehead atoms. The van der Waals surface area contributed by atoms with Gasteiger partial charge in [0.1, 0.15) is 11.4 Å². The van der Waals surface area contributed by atoms with Gasteiger partial charge < -0.3 is 10.2 Å². The van der Waals surface area contributed by atoms with Crippen molar-refractivity contribution in [2.24, 2.45) is 0 Å². The molecule has 0 aliphatic heterocycles. The fraction of sp³-hybridized carbons (Fsp3) is 0.240. The van der Waals surface area contributed by atoms with Crippen molar-refractivity contribution in [1.29, 1.82) is 0 Å². The largest absolute Gasteiger partial charge is 0.369 e. The highest BCUT2D eigenvalue weighted by Crippen LogP contribution is 2.30. The zero-order valence-electron chi connectivity index (χ0n) is 18.4. The number of hydrogen-bond acceptors (Lipinski definition) is 5.